The molecule has 112 valence electrons. The first-order chi connectivity index (χ1) is 10.6. The fraction of sp³-hybridized carbons (Fsp3) is 0.214. The van der Waals surface area contributed by atoms with Crippen LogP contribution in [0.25, 0.3) is 11.2 Å². The van der Waals surface area contributed by atoms with E-state index < -0.39 is 0 Å². The van der Waals surface area contributed by atoms with Gasteiger partial charge in [-0.1, -0.05) is 29.3 Å². The number of aryl methyl sites for hydroxylation is 1. The van der Waals surface area contributed by atoms with Gasteiger partial charge in [-0.2, -0.15) is 0 Å². The summed E-state index contributed by atoms with van der Waals surface area (Å²) in [6.45, 7) is 0.452. The van der Waals surface area contributed by atoms with Crippen molar-refractivity contribution in [2.24, 2.45) is 7.05 Å². The maximum Gasteiger partial charge on any atom is 0.165 e. The number of nitrogens with one attached hydrogen (secondary N) is 1. The maximum absolute atomic E-state index is 6.18. The first-order valence-electron chi connectivity index (χ1n) is 6.64. The average molecular weight is 336 g/mol. The van der Waals surface area contributed by atoms with Gasteiger partial charge < -0.3 is 14.6 Å². The molecule has 1 atom stereocenters. The van der Waals surface area contributed by atoms with Gasteiger partial charge in [0.05, 0.1) is 17.4 Å². The SMILES string of the molecule is Cn1cnc2c(NC3COc4c3ccc(Cl)c4Cl)ncnc21. The number of fused-ring (bicyclic) bond motifs is 2. The molecule has 3 aromatic rings. The van der Waals surface area contributed by atoms with Crippen LogP contribution in [0.4, 0.5) is 5.82 Å². The van der Waals surface area contributed by atoms with Crippen LogP contribution in [0.1, 0.15) is 11.6 Å². The fourth-order valence-corrected chi connectivity index (χ4v) is 2.94. The van der Waals surface area contributed by atoms with Crippen molar-refractivity contribution in [1.29, 1.82) is 0 Å². The number of halogens is 2. The van der Waals surface area contributed by atoms with Crippen molar-refractivity contribution >= 4 is 40.2 Å². The molecule has 2 aromatic heterocycles. The summed E-state index contributed by atoms with van der Waals surface area (Å²) in [6, 6.07) is 3.61. The van der Waals surface area contributed by atoms with Gasteiger partial charge in [-0.05, 0) is 6.07 Å². The molecule has 0 bridgehead atoms. The standard InChI is InChI=1S/C14H11Cl2N5O/c1-21-6-19-11-13(17-5-18-14(11)21)20-9-4-22-12-7(9)2-3-8(15)10(12)16/h2-3,5-6,9H,4H2,1H3,(H,17,18,20). The lowest BCUT2D eigenvalue weighted by Crippen LogP contribution is -2.13. The van der Waals surface area contributed by atoms with Crippen molar-refractivity contribution in [2.75, 3.05) is 11.9 Å². The third-order valence-electron chi connectivity index (χ3n) is 3.66. The summed E-state index contributed by atoms with van der Waals surface area (Å²) in [6.07, 6.45) is 3.22. The Balaban J connectivity index is 1.73. The normalized spacial score (nSPS) is 16.6. The second-order valence-electron chi connectivity index (χ2n) is 5.04. The molecule has 3 heterocycles. The molecule has 4 rings (SSSR count). The van der Waals surface area contributed by atoms with Crippen LogP contribution in [0, 0.1) is 0 Å². The van der Waals surface area contributed by atoms with Crippen LogP contribution in [-0.4, -0.2) is 26.1 Å². The molecule has 0 amide bonds. The molecule has 0 fully saturated rings. The Morgan fingerprint density at radius 1 is 1.27 bits per heavy atom. The van der Waals surface area contributed by atoms with E-state index in [4.69, 9.17) is 27.9 Å². The lowest BCUT2D eigenvalue weighted by molar-refractivity contribution is 0.340. The lowest BCUT2D eigenvalue weighted by Gasteiger charge is -2.12. The fourth-order valence-electron chi connectivity index (χ4n) is 2.56. The number of benzene rings is 1. The number of imidazole rings is 1. The van der Waals surface area contributed by atoms with Crippen LogP contribution in [0.15, 0.2) is 24.8 Å². The molecule has 0 saturated heterocycles. The molecule has 0 saturated carbocycles. The Kier molecular flexibility index (Phi) is 3.09. The van der Waals surface area contributed by atoms with Crippen LogP contribution < -0.4 is 10.1 Å². The number of nitrogens with zero attached hydrogens (tertiary/aromatic N) is 4. The van der Waals surface area contributed by atoms with E-state index in [2.05, 4.69) is 20.3 Å². The van der Waals surface area contributed by atoms with Crippen molar-refractivity contribution in [3.8, 4) is 5.75 Å². The Hall–Kier alpha value is -2.05. The minimum absolute atomic E-state index is 0.0649. The van der Waals surface area contributed by atoms with E-state index >= 15 is 0 Å². The van der Waals surface area contributed by atoms with Crippen LogP contribution in [-0.2, 0) is 7.05 Å². The number of anilines is 1. The van der Waals surface area contributed by atoms with Crippen LogP contribution in [0.2, 0.25) is 10.0 Å². The van der Waals surface area contributed by atoms with Crippen LogP contribution in [0.5, 0.6) is 5.75 Å². The highest BCUT2D eigenvalue weighted by molar-refractivity contribution is 6.43. The highest BCUT2D eigenvalue weighted by Gasteiger charge is 2.28. The van der Waals surface area contributed by atoms with E-state index in [9.17, 15) is 0 Å². The Bertz CT molecular complexity index is 879. The van der Waals surface area contributed by atoms with E-state index in [0.29, 0.717) is 28.2 Å². The van der Waals surface area contributed by atoms with Gasteiger partial charge in [-0.15, -0.1) is 0 Å². The summed E-state index contributed by atoms with van der Waals surface area (Å²) in [4.78, 5) is 12.8. The van der Waals surface area contributed by atoms with Crippen molar-refractivity contribution < 1.29 is 4.74 Å². The van der Waals surface area contributed by atoms with Gasteiger partial charge in [0.25, 0.3) is 0 Å². The summed E-state index contributed by atoms with van der Waals surface area (Å²) in [5.74, 6) is 1.29. The first-order valence-corrected chi connectivity index (χ1v) is 7.40. The third kappa shape index (κ3) is 1.99. The van der Waals surface area contributed by atoms with E-state index in [-0.39, 0.29) is 6.04 Å². The van der Waals surface area contributed by atoms with Gasteiger partial charge in [-0.3, -0.25) is 0 Å². The van der Waals surface area contributed by atoms with Gasteiger partial charge in [0, 0.05) is 12.6 Å². The molecule has 1 aliphatic rings. The van der Waals surface area contributed by atoms with Crippen LogP contribution in [0.3, 0.4) is 0 Å². The molecular formula is C14H11Cl2N5O. The maximum atomic E-state index is 6.18. The summed E-state index contributed by atoms with van der Waals surface area (Å²) < 4.78 is 7.51. The Morgan fingerprint density at radius 2 is 2.14 bits per heavy atom. The van der Waals surface area contributed by atoms with Gasteiger partial charge in [0.1, 0.15) is 29.2 Å². The predicted molar refractivity (Wildman–Crippen MR) is 84.6 cm³/mol. The minimum Gasteiger partial charge on any atom is -0.489 e. The Morgan fingerprint density at radius 3 is 3.00 bits per heavy atom. The second-order valence-corrected chi connectivity index (χ2v) is 5.82. The van der Waals surface area contributed by atoms with Crippen molar-refractivity contribution in [1.82, 2.24) is 19.5 Å². The van der Waals surface area contributed by atoms with Gasteiger partial charge >= 0.3 is 0 Å². The van der Waals surface area contributed by atoms with E-state index in [1.54, 1.807) is 12.4 Å². The topological polar surface area (TPSA) is 64.9 Å². The number of rotatable bonds is 2. The van der Waals surface area contributed by atoms with Gasteiger partial charge in [0.2, 0.25) is 0 Å². The molecule has 0 aliphatic carbocycles. The molecule has 1 unspecified atom stereocenters. The predicted octanol–water partition coefficient (Wildman–Crippen LogP) is 3.22. The largest absolute Gasteiger partial charge is 0.489 e. The number of hydrogen-bond acceptors (Lipinski definition) is 5. The molecule has 1 aliphatic heterocycles. The minimum atomic E-state index is -0.0649. The zero-order valence-electron chi connectivity index (χ0n) is 11.5. The second kappa shape index (κ2) is 5.00. The average Bonchev–Trinajstić information content (AvgIpc) is 3.09. The molecular weight excluding hydrogens is 325 g/mol. The molecule has 8 heteroatoms. The summed E-state index contributed by atoms with van der Waals surface area (Å²) >= 11 is 12.2. The number of hydrogen-bond donors (Lipinski definition) is 1. The first kappa shape index (κ1) is 13.6. The zero-order chi connectivity index (χ0) is 15.3. The third-order valence-corrected chi connectivity index (χ3v) is 4.45. The molecule has 0 spiro atoms. The molecule has 1 aromatic carbocycles. The van der Waals surface area contributed by atoms with Gasteiger partial charge in [0.15, 0.2) is 11.5 Å². The smallest absolute Gasteiger partial charge is 0.165 e. The molecule has 1 N–H and O–H groups in total. The van der Waals surface area contributed by atoms with E-state index in [1.807, 2.05) is 17.7 Å². The van der Waals surface area contributed by atoms with E-state index in [1.165, 1.54) is 6.33 Å². The van der Waals surface area contributed by atoms with Crippen molar-refractivity contribution in [2.45, 2.75) is 6.04 Å². The highest BCUT2D eigenvalue weighted by Crippen LogP contribution is 2.43. The van der Waals surface area contributed by atoms with Crippen molar-refractivity contribution in [3.63, 3.8) is 0 Å². The Labute approximate surface area is 136 Å². The van der Waals surface area contributed by atoms with Crippen LogP contribution >= 0.6 is 23.2 Å². The lowest BCUT2D eigenvalue weighted by atomic mass is 10.1. The molecule has 0 radical (unpaired) electrons. The zero-order valence-corrected chi connectivity index (χ0v) is 13.1. The summed E-state index contributed by atoms with van der Waals surface area (Å²) in [5, 5.41) is 4.27. The summed E-state index contributed by atoms with van der Waals surface area (Å²) in [7, 11) is 1.89. The monoisotopic (exact) mass is 335 g/mol. The summed E-state index contributed by atoms with van der Waals surface area (Å²) in [5.41, 5.74) is 2.45. The van der Waals surface area contributed by atoms with E-state index in [0.717, 1.165) is 16.7 Å². The number of aromatic nitrogens is 4. The quantitative estimate of drug-likeness (QED) is 0.778. The molecule has 6 nitrogen and oxygen atoms in total. The van der Waals surface area contributed by atoms with Crippen molar-refractivity contribution in [3.05, 3.63) is 40.4 Å². The molecule has 22 heavy (non-hydrogen) atoms. The van der Waals surface area contributed by atoms with Gasteiger partial charge in [-0.25, -0.2) is 15.0 Å². The number of ether oxygens (including phenoxy) is 1. The highest BCUT2D eigenvalue weighted by atomic mass is 35.5.